The van der Waals surface area contributed by atoms with Crippen molar-refractivity contribution in [2.24, 2.45) is 0 Å². The van der Waals surface area contributed by atoms with E-state index in [1.54, 1.807) is 0 Å². The van der Waals surface area contributed by atoms with E-state index in [4.69, 9.17) is 23.7 Å². The molecule has 120 valence electrons. The summed E-state index contributed by atoms with van der Waals surface area (Å²) in [5.41, 5.74) is 0.871. The fraction of sp³-hybridized carbons (Fsp3) is 0.562. The first-order valence-corrected chi connectivity index (χ1v) is 7.40. The van der Waals surface area contributed by atoms with E-state index in [2.05, 4.69) is 0 Å². The van der Waals surface area contributed by atoms with Gasteiger partial charge >= 0.3 is 0 Å². The Hall–Kier alpha value is -1.31. The molecule has 22 heavy (non-hydrogen) atoms. The van der Waals surface area contributed by atoms with Gasteiger partial charge in [0, 0.05) is 19.3 Å². The van der Waals surface area contributed by atoms with E-state index in [1.165, 1.54) is 7.11 Å². The lowest BCUT2D eigenvalue weighted by atomic mass is 9.99. The van der Waals surface area contributed by atoms with Crippen molar-refractivity contribution in [2.75, 3.05) is 20.3 Å². The standard InChI is InChI=1S/C16H20O6/c1-3-19-14-12(17)13-11(21-16(14)18-2)9-20-15(22-13)10-7-5-4-6-8-10/h4-8,11,13-16H,3,9H2,1-2H3/t11-,13-,14+,15-,16+/m1/s1. The average Bonchev–Trinajstić information content (AvgIpc) is 2.58. The fourth-order valence-corrected chi connectivity index (χ4v) is 2.73. The largest absolute Gasteiger partial charge is 0.365 e. The lowest BCUT2D eigenvalue weighted by Crippen LogP contribution is -2.60. The van der Waals surface area contributed by atoms with Gasteiger partial charge in [-0.1, -0.05) is 30.3 Å². The van der Waals surface area contributed by atoms with Crippen molar-refractivity contribution in [2.45, 2.75) is 37.8 Å². The summed E-state index contributed by atoms with van der Waals surface area (Å²) < 4.78 is 27.9. The van der Waals surface area contributed by atoms with Gasteiger partial charge < -0.3 is 23.7 Å². The van der Waals surface area contributed by atoms with Gasteiger partial charge in [-0.3, -0.25) is 4.79 Å². The Morgan fingerprint density at radius 3 is 2.68 bits per heavy atom. The van der Waals surface area contributed by atoms with Crippen LogP contribution in [0.4, 0.5) is 0 Å². The third-order valence-electron chi connectivity index (χ3n) is 3.79. The molecule has 0 spiro atoms. The molecule has 2 aliphatic rings. The van der Waals surface area contributed by atoms with Gasteiger partial charge in [0.15, 0.2) is 30.6 Å². The second-order valence-corrected chi connectivity index (χ2v) is 5.19. The summed E-state index contributed by atoms with van der Waals surface area (Å²) in [4.78, 5) is 12.6. The topological polar surface area (TPSA) is 63.2 Å². The quantitative estimate of drug-likeness (QED) is 0.839. The van der Waals surface area contributed by atoms with Crippen LogP contribution in [0.25, 0.3) is 0 Å². The fourth-order valence-electron chi connectivity index (χ4n) is 2.73. The molecule has 0 unspecified atom stereocenters. The highest BCUT2D eigenvalue weighted by atomic mass is 16.8. The summed E-state index contributed by atoms with van der Waals surface area (Å²) in [5.74, 6) is -0.158. The minimum atomic E-state index is -0.772. The maximum absolute atomic E-state index is 12.6. The third kappa shape index (κ3) is 2.93. The smallest absolute Gasteiger partial charge is 0.198 e. The molecule has 2 saturated heterocycles. The summed E-state index contributed by atoms with van der Waals surface area (Å²) >= 11 is 0. The highest BCUT2D eigenvalue weighted by Gasteiger charge is 2.49. The Bertz CT molecular complexity index is 505. The van der Waals surface area contributed by atoms with Crippen LogP contribution in [-0.4, -0.2) is 50.7 Å². The van der Waals surface area contributed by atoms with E-state index in [0.717, 1.165) is 5.56 Å². The molecule has 0 amide bonds. The molecule has 2 heterocycles. The van der Waals surface area contributed by atoms with E-state index in [0.29, 0.717) is 6.61 Å². The summed E-state index contributed by atoms with van der Waals surface area (Å²) in [7, 11) is 1.49. The molecule has 1 aromatic carbocycles. The van der Waals surface area contributed by atoms with Gasteiger partial charge in [0.25, 0.3) is 0 Å². The zero-order valence-corrected chi connectivity index (χ0v) is 12.6. The van der Waals surface area contributed by atoms with Gasteiger partial charge in [0.05, 0.1) is 6.61 Å². The number of Topliss-reactive ketones (excluding diaryl/α,β-unsaturated/α-hetero) is 1. The maximum atomic E-state index is 12.6. The van der Waals surface area contributed by atoms with E-state index in [1.807, 2.05) is 37.3 Å². The lowest BCUT2D eigenvalue weighted by Gasteiger charge is -2.43. The number of methoxy groups -OCH3 is 1. The van der Waals surface area contributed by atoms with Gasteiger partial charge in [0.1, 0.15) is 6.10 Å². The van der Waals surface area contributed by atoms with Crippen molar-refractivity contribution < 1.29 is 28.5 Å². The Labute approximate surface area is 129 Å². The molecule has 0 aromatic heterocycles. The number of hydrogen-bond donors (Lipinski definition) is 0. The highest BCUT2D eigenvalue weighted by Crippen LogP contribution is 2.33. The number of carbonyl (C=O) groups excluding carboxylic acids is 1. The second kappa shape index (κ2) is 6.85. The second-order valence-electron chi connectivity index (χ2n) is 5.19. The van der Waals surface area contributed by atoms with Gasteiger partial charge in [-0.05, 0) is 6.92 Å². The summed E-state index contributed by atoms with van der Waals surface area (Å²) in [6.07, 6.45) is -3.26. The summed E-state index contributed by atoms with van der Waals surface area (Å²) in [6.45, 7) is 2.49. The van der Waals surface area contributed by atoms with Crippen LogP contribution in [0.1, 0.15) is 18.8 Å². The monoisotopic (exact) mass is 308 g/mol. The van der Waals surface area contributed by atoms with Crippen LogP contribution in [0.3, 0.4) is 0 Å². The SMILES string of the molecule is CCO[C@H]1C(=O)[C@@H]2O[C@H](c3ccccc3)OC[C@H]2O[C@@H]1OC. The average molecular weight is 308 g/mol. The first-order chi connectivity index (χ1) is 10.7. The molecule has 5 atom stereocenters. The first kappa shape index (κ1) is 15.6. The van der Waals surface area contributed by atoms with Gasteiger partial charge in [-0.25, -0.2) is 0 Å². The lowest BCUT2D eigenvalue weighted by molar-refractivity contribution is -0.317. The van der Waals surface area contributed by atoms with Gasteiger partial charge in [-0.2, -0.15) is 0 Å². The highest BCUT2D eigenvalue weighted by molar-refractivity contribution is 5.89. The Morgan fingerprint density at radius 1 is 1.23 bits per heavy atom. The van der Waals surface area contributed by atoms with Crippen molar-refractivity contribution in [3.05, 3.63) is 35.9 Å². The molecule has 2 aliphatic heterocycles. The van der Waals surface area contributed by atoms with E-state index in [9.17, 15) is 4.79 Å². The Morgan fingerprint density at radius 2 is 2.00 bits per heavy atom. The number of carbonyl (C=O) groups is 1. The minimum absolute atomic E-state index is 0.158. The predicted octanol–water partition coefficient (Wildman–Crippen LogP) is 1.45. The van der Waals surface area contributed by atoms with Crippen LogP contribution in [0.5, 0.6) is 0 Å². The van der Waals surface area contributed by atoms with Gasteiger partial charge in [0.2, 0.25) is 0 Å². The summed E-state index contributed by atoms with van der Waals surface area (Å²) in [5, 5.41) is 0. The van der Waals surface area contributed by atoms with Crippen molar-refractivity contribution in [3.63, 3.8) is 0 Å². The summed E-state index contributed by atoms with van der Waals surface area (Å²) in [6, 6.07) is 9.52. The van der Waals surface area contributed by atoms with Gasteiger partial charge in [-0.15, -0.1) is 0 Å². The zero-order chi connectivity index (χ0) is 15.5. The minimum Gasteiger partial charge on any atom is -0.365 e. The Balaban J connectivity index is 1.76. The van der Waals surface area contributed by atoms with Crippen molar-refractivity contribution in [1.29, 1.82) is 0 Å². The number of ether oxygens (including phenoxy) is 5. The molecular formula is C16H20O6. The number of ketones is 1. The molecule has 0 saturated carbocycles. The number of hydrogen-bond acceptors (Lipinski definition) is 6. The Kier molecular flexibility index (Phi) is 4.85. The van der Waals surface area contributed by atoms with E-state index in [-0.39, 0.29) is 12.4 Å². The maximum Gasteiger partial charge on any atom is 0.198 e. The normalized spacial score (nSPS) is 35.2. The van der Waals surface area contributed by atoms with Crippen LogP contribution < -0.4 is 0 Å². The van der Waals surface area contributed by atoms with Crippen molar-refractivity contribution >= 4 is 5.78 Å². The molecule has 6 nitrogen and oxygen atoms in total. The molecule has 2 fully saturated rings. The van der Waals surface area contributed by atoms with Crippen molar-refractivity contribution in [3.8, 4) is 0 Å². The van der Waals surface area contributed by atoms with Crippen LogP contribution in [0.2, 0.25) is 0 Å². The van der Waals surface area contributed by atoms with Crippen LogP contribution >= 0.6 is 0 Å². The molecular weight excluding hydrogens is 288 g/mol. The molecule has 0 bridgehead atoms. The number of rotatable bonds is 4. The third-order valence-corrected chi connectivity index (χ3v) is 3.79. The van der Waals surface area contributed by atoms with Crippen molar-refractivity contribution in [1.82, 2.24) is 0 Å². The van der Waals surface area contributed by atoms with Crippen LogP contribution in [0.15, 0.2) is 30.3 Å². The van der Waals surface area contributed by atoms with Crippen LogP contribution in [-0.2, 0) is 28.5 Å². The number of benzene rings is 1. The van der Waals surface area contributed by atoms with E-state index >= 15 is 0 Å². The first-order valence-electron chi connectivity index (χ1n) is 7.40. The molecule has 3 rings (SSSR count). The molecule has 1 aromatic rings. The molecule has 6 heteroatoms. The number of fused-ring (bicyclic) bond motifs is 1. The molecule has 0 radical (unpaired) electrons. The predicted molar refractivity (Wildman–Crippen MR) is 76.1 cm³/mol. The van der Waals surface area contributed by atoms with Crippen LogP contribution in [0, 0.1) is 0 Å². The zero-order valence-electron chi connectivity index (χ0n) is 12.6. The molecule has 0 N–H and O–H groups in total. The van der Waals surface area contributed by atoms with E-state index < -0.39 is 30.9 Å². The molecule has 0 aliphatic carbocycles.